The van der Waals surface area contributed by atoms with Crippen LogP contribution in [0.4, 0.5) is 24.3 Å². The maximum atomic E-state index is 14.9. The van der Waals surface area contributed by atoms with Gasteiger partial charge in [-0.3, -0.25) is 15.0 Å². The van der Waals surface area contributed by atoms with Gasteiger partial charge in [0.1, 0.15) is 16.6 Å². The maximum absolute atomic E-state index is 14.9. The first-order valence-corrected chi connectivity index (χ1v) is 14.4. The van der Waals surface area contributed by atoms with Crippen molar-refractivity contribution in [2.75, 3.05) is 32.7 Å². The van der Waals surface area contributed by atoms with Crippen molar-refractivity contribution in [2.45, 2.75) is 26.6 Å². The number of anilines is 1. The van der Waals surface area contributed by atoms with Crippen LogP contribution in [0.2, 0.25) is 0 Å². The standard InChI is InChI=1S/C30H30F2N6O6S/c1-5-44-29(39)26-22(16-36(2)3)27(18-9-12-20(13-10-18)38(41)42)45-28(26)37(17-21-23(31)7-6-8-24(21)32)30(40)33-15-19-11-14-25(43-4)35-34-19/h6-14H,5,15-17H2,1-4H3,(H,33,40). The highest BCUT2D eigenvalue weighted by Crippen LogP contribution is 2.44. The Labute approximate surface area is 261 Å². The predicted molar refractivity (Wildman–Crippen MR) is 163 cm³/mol. The van der Waals surface area contributed by atoms with Crippen LogP contribution in [-0.2, 0) is 24.4 Å². The third-order valence-corrected chi connectivity index (χ3v) is 7.78. The first-order chi connectivity index (χ1) is 21.5. The van der Waals surface area contributed by atoms with Gasteiger partial charge in [-0.1, -0.05) is 6.07 Å². The van der Waals surface area contributed by atoms with E-state index in [0.29, 0.717) is 21.7 Å². The largest absolute Gasteiger partial charge is 0.480 e. The third-order valence-electron chi connectivity index (χ3n) is 6.48. The molecule has 2 aromatic heterocycles. The van der Waals surface area contributed by atoms with Crippen LogP contribution in [0.25, 0.3) is 10.4 Å². The lowest BCUT2D eigenvalue weighted by molar-refractivity contribution is -0.384. The van der Waals surface area contributed by atoms with Crippen molar-refractivity contribution in [3.63, 3.8) is 0 Å². The molecule has 12 nitrogen and oxygen atoms in total. The summed E-state index contributed by atoms with van der Waals surface area (Å²) in [5, 5.41) is 21.9. The number of hydrogen-bond donors (Lipinski definition) is 1. The number of thiophene rings is 1. The molecule has 45 heavy (non-hydrogen) atoms. The van der Waals surface area contributed by atoms with Gasteiger partial charge in [0.2, 0.25) is 5.88 Å². The van der Waals surface area contributed by atoms with Gasteiger partial charge in [0.15, 0.2) is 0 Å². The molecule has 236 valence electrons. The molecular formula is C30H30F2N6O6S. The summed E-state index contributed by atoms with van der Waals surface area (Å²) in [6.45, 7) is 1.18. The number of amides is 2. The number of benzene rings is 2. The second kappa shape index (κ2) is 14.6. The zero-order valence-corrected chi connectivity index (χ0v) is 25.7. The molecule has 0 fully saturated rings. The highest BCUT2D eigenvalue weighted by Gasteiger charge is 2.32. The lowest BCUT2D eigenvalue weighted by Gasteiger charge is -2.24. The van der Waals surface area contributed by atoms with Gasteiger partial charge >= 0.3 is 12.0 Å². The molecule has 4 rings (SSSR count). The lowest BCUT2D eigenvalue weighted by Crippen LogP contribution is -2.40. The summed E-state index contributed by atoms with van der Waals surface area (Å²) in [6.07, 6.45) is 0. The molecule has 0 saturated carbocycles. The SMILES string of the molecule is CCOC(=O)c1c(N(Cc2c(F)cccc2F)C(=O)NCc2ccc(OC)nn2)sc(-c2ccc([N+](=O)[O-])cc2)c1CN(C)C. The van der Waals surface area contributed by atoms with Crippen LogP contribution in [-0.4, -0.2) is 59.8 Å². The molecule has 2 heterocycles. The molecule has 2 aromatic carbocycles. The van der Waals surface area contributed by atoms with Crippen molar-refractivity contribution in [2.24, 2.45) is 0 Å². The van der Waals surface area contributed by atoms with Crippen molar-refractivity contribution in [1.29, 1.82) is 0 Å². The fraction of sp³-hybridized carbons (Fsp3) is 0.267. The minimum Gasteiger partial charge on any atom is -0.480 e. The van der Waals surface area contributed by atoms with Crippen molar-refractivity contribution in [3.05, 3.63) is 98.7 Å². The normalized spacial score (nSPS) is 10.9. The van der Waals surface area contributed by atoms with Gasteiger partial charge < -0.3 is 19.7 Å². The fourth-order valence-electron chi connectivity index (χ4n) is 4.38. The number of nitrogens with zero attached hydrogens (tertiary/aromatic N) is 5. The van der Waals surface area contributed by atoms with E-state index in [-0.39, 0.29) is 41.8 Å². The minimum absolute atomic E-state index is 0.0205. The quantitative estimate of drug-likeness (QED) is 0.120. The molecule has 0 aliphatic heterocycles. The molecule has 0 saturated heterocycles. The van der Waals surface area contributed by atoms with Gasteiger partial charge in [-0.05, 0) is 56.9 Å². The number of esters is 1. The number of ether oxygens (including phenoxy) is 2. The van der Waals surface area contributed by atoms with Crippen molar-refractivity contribution in [1.82, 2.24) is 20.4 Å². The lowest BCUT2D eigenvalue weighted by atomic mass is 10.0. The number of urea groups is 1. The van der Waals surface area contributed by atoms with Gasteiger partial charge in [-0.15, -0.1) is 16.4 Å². The average Bonchev–Trinajstić information content (AvgIpc) is 3.38. The monoisotopic (exact) mass is 640 g/mol. The number of aromatic nitrogens is 2. The zero-order valence-electron chi connectivity index (χ0n) is 24.9. The number of nitro groups is 1. The summed E-state index contributed by atoms with van der Waals surface area (Å²) < 4.78 is 40.3. The molecule has 2 amide bonds. The Morgan fingerprint density at radius 3 is 2.24 bits per heavy atom. The van der Waals surface area contributed by atoms with Crippen LogP contribution < -0.4 is 15.0 Å². The van der Waals surface area contributed by atoms with E-state index in [1.807, 2.05) is 0 Å². The van der Waals surface area contributed by atoms with Crippen LogP contribution in [0.15, 0.2) is 54.6 Å². The van der Waals surface area contributed by atoms with Gasteiger partial charge in [0, 0.05) is 40.7 Å². The van der Waals surface area contributed by atoms with E-state index in [9.17, 15) is 28.5 Å². The van der Waals surface area contributed by atoms with E-state index >= 15 is 0 Å². The highest BCUT2D eigenvalue weighted by atomic mass is 32.1. The summed E-state index contributed by atoms with van der Waals surface area (Å²) in [4.78, 5) is 41.6. The number of nitrogens with one attached hydrogen (secondary N) is 1. The second-order valence-electron chi connectivity index (χ2n) is 9.86. The number of hydrogen-bond acceptors (Lipinski definition) is 10. The second-order valence-corrected chi connectivity index (χ2v) is 10.9. The minimum atomic E-state index is -0.882. The van der Waals surface area contributed by atoms with E-state index in [2.05, 4.69) is 15.5 Å². The van der Waals surface area contributed by atoms with Crippen LogP contribution in [0, 0.1) is 21.7 Å². The number of rotatable bonds is 12. The predicted octanol–water partition coefficient (Wildman–Crippen LogP) is 5.55. The number of non-ortho nitro benzene ring substituents is 1. The summed E-state index contributed by atoms with van der Waals surface area (Å²) >= 11 is 1.02. The molecule has 1 N–H and O–H groups in total. The molecule has 0 atom stereocenters. The van der Waals surface area contributed by atoms with E-state index in [4.69, 9.17) is 9.47 Å². The van der Waals surface area contributed by atoms with Gasteiger partial charge in [-0.2, -0.15) is 5.10 Å². The molecule has 0 unspecified atom stereocenters. The van der Waals surface area contributed by atoms with Crippen LogP contribution in [0.1, 0.15) is 34.1 Å². The zero-order chi connectivity index (χ0) is 32.7. The topological polar surface area (TPSA) is 140 Å². The Morgan fingerprint density at radius 1 is 1.00 bits per heavy atom. The number of nitro benzene ring substituents is 1. The van der Waals surface area contributed by atoms with Crippen LogP contribution in [0.5, 0.6) is 5.88 Å². The van der Waals surface area contributed by atoms with Crippen LogP contribution in [0.3, 0.4) is 0 Å². The van der Waals surface area contributed by atoms with E-state index in [0.717, 1.165) is 28.4 Å². The Balaban J connectivity index is 1.88. The number of carbonyl (C=O) groups is 2. The summed E-state index contributed by atoms with van der Waals surface area (Å²) in [6, 6.07) is 11.4. The first kappa shape index (κ1) is 32.9. The third kappa shape index (κ3) is 7.74. The molecule has 0 aliphatic carbocycles. The molecule has 0 radical (unpaired) electrons. The molecule has 0 spiro atoms. The van der Waals surface area contributed by atoms with E-state index in [1.54, 1.807) is 38.1 Å². The summed E-state index contributed by atoms with van der Waals surface area (Å²) in [5.74, 6) is -2.24. The molecule has 15 heteroatoms. The average molecular weight is 641 g/mol. The smallest absolute Gasteiger partial charge is 0.341 e. The molecular weight excluding hydrogens is 610 g/mol. The Kier molecular flexibility index (Phi) is 10.7. The first-order valence-electron chi connectivity index (χ1n) is 13.6. The Bertz CT molecular complexity index is 1660. The van der Waals surface area contributed by atoms with Gasteiger partial charge in [0.25, 0.3) is 5.69 Å². The van der Waals surface area contributed by atoms with E-state index < -0.39 is 40.7 Å². The van der Waals surface area contributed by atoms with Gasteiger partial charge in [0.05, 0.1) is 43.0 Å². The molecule has 0 aliphatic rings. The van der Waals surface area contributed by atoms with E-state index in [1.165, 1.54) is 37.4 Å². The number of carbonyl (C=O) groups excluding carboxylic acids is 2. The van der Waals surface area contributed by atoms with Crippen LogP contribution >= 0.6 is 11.3 Å². The maximum Gasteiger partial charge on any atom is 0.341 e. The summed E-state index contributed by atoms with van der Waals surface area (Å²) in [5.41, 5.74) is 0.877. The fourth-order valence-corrected chi connectivity index (χ4v) is 5.68. The van der Waals surface area contributed by atoms with Crippen molar-refractivity contribution >= 4 is 34.0 Å². The number of halogens is 2. The summed E-state index contributed by atoms with van der Waals surface area (Å²) in [7, 11) is 4.99. The Morgan fingerprint density at radius 2 is 1.69 bits per heavy atom. The van der Waals surface area contributed by atoms with Crippen molar-refractivity contribution in [3.8, 4) is 16.3 Å². The molecule has 4 aromatic rings. The Hall–Kier alpha value is -5.02. The molecule has 0 bridgehead atoms. The highest BCUT2D eigenvalue weighted by molar-refractivity contribution is 7.20. The van der Waals surface area contributed by atoms with Gasteiger partial charge in [-0.25, -0.2) is 18.4 Å². The van der Waals surface area contributed by atoms with Crippen molar-refractivity contribution < 1.29 is 32.8 Å². The number of methoxy groups -OCH3 is 1.